The maximum Gasteiger partial charge on any atom is 0.336 e. The van der Waals surface area contributed by atoms with Crippen molar-refractivity contribution in [2.75, 3.05) is 25.7 Å². The van der Waals surface area contributed by atoms with Crippen molar-refractivity contribution in [2.24, 2.45) is 0 Å². The molecule has 1 radical (unpaired) electrons. The van der Waals surface area contributed by atoms with E-state index in [1.54, 1.807) is 24.9 Å². The number of unbranched alkanes of at least 4 members (excludes halogenated alkanes) is 1. The molecule has 4 aromatic rings. The lowest BCUT2D eigenvalue weighted by atomic mass is 10.1. The topological polar surface area (TPSA) is 74.0 Å². The Morgan fingerprint density at radius 2 is 1.52 bits per heavy atom. The number of rotatable bonds is 11. The van der Waals surface area contributed by atoms with E-state index in [0.29, 0.717) is 37.2 Å². The fraction of sp³-hybridized carbons (Fsp3) is 0.320. The second kappa shape index (κ2) is 10.7. The minimum atomic E-state index is 0.315. The van der Waals surface area contributed by atoms with Gasteiger partial charge in [-0.25, -0.2) is 9.50 Å². The fourth-order valence-corrected chi connectivity index (χ4v) is 3.43. The molecular weight excluding hydrogens is 418 g/mol. The zero-order chi connectivity index (χ0) is 23.0. The van der Waals surface area contributed by atoms with E-state index >= 15 is 0 Å². The summed E-state index contributed by atoms with van der Waals surface area (Å²) in [6.07, 6.45) is 6.59. The number of nitrogens with zero attached hydrogens (tertiary/aromatic N) is 5. The van der Waals surface area contributed by atoms with Crippen LogP contribution in [0.1, 0.15) is 30.9 Å². The van der Waals surface area contributed by atoms with E-state index in [4.69, 9.17) is 19.2 Å². The first-order valence-electron chi connectivity index (χ1n) is 11.0. The van der Waals surface area contributed by atoms with Crippen LogP contribution in [0.4, 0.5) is 5.82 Å². The van der Waals surface area contributed by atoms with Crippen molar-refractivity contribution in [3.8, 4) is 17.5 Å². The number of fused-ring (bicyclic) bond motifs is 1. The Morgan fingerprint density at radius 3 is 2.06 bits per heavy atom. The normalized spacial score (nSPS) is 10.9. The quantitative estimate of drug-likeness (QED) is 0.318. The number of methoxy groups -OCH3 is 2. The molecule has 2 heterocycles. The third-order valence-corrected chi connectivity index (χ3v) is 5.25. The SMILES string of the molecule is CCCCOc1nc(N(Cc2ccc(OC)cc2)Cc2ccc(OC)cc2)c2nc[c]n2n1. The Morgan fingerprint density at radius 1 is 0.909 bits per heavy atom. The minimum absolute atomic E-state index is 0.315. The van der Waals surface area contributed by atoms with E-state index in [2.05, 4.69) is 52.4 Å². The smallest absolute Gasteiger partial charge is 0.336 e. The average Bonchev–Trinajstić information content (AvgIpc) is 3.33. The fourth-order valence-electron chi connectivity index (χ4n) is 3.43. The lowest BCUT2D eigenvalue weighted by Gasteiger charge is -2.25. The van der Waals surface area contributed by atoms with Gasteiger partial charge in [-0.1, -0.05) is 37.6 Å². The molecule has 8 nitrogen and oxygen atoms in total. The molecule has 0 spiro atoms. The van der Waals surface area contributed by atoms with E-state index in [1.807, 2.05) is 24.3 Å². The molecular formula is C25H28N5O3. The molecule has 8 heteroatoms. The van der Waals surface area contributed by atoms with Crippen molar-refractivity contribution >= 4 is 11.5 Å². The molecule has 0 saturated carbocycles. The molecule has 33 heavy (non-hydrogen) atoms. The summed E-state index contributed by atoms with van der Waals surface area (Å²) in [5, 5.41) is 4.42. The number of hydrogen-bond donors (Lipinski definition) is 0. The van der Waals surface area contributed by atoms with Gasteiger partial charge >= 0.3 is 6.01 Å². The third kappa shape index (κ3) is 5.52. The van der Waals surface area contributed by atoms with Crippen molar-refractivity contribution in [3.63, 3.8) is 0 Å². The monoisotopic (exact) mass is 446 g/mol. The Kier molecular flexibility index (Phi) is 7.24. The molecule has 0 amide bonds. The van der Waals surface area contributed by atoms with Gasteiger partial charge in [-0.05, 0) is 41.8 Å². The van der Waals surface area contributed by atoms with Gasteiger partial charge in [0, 0.05) is 13.1 Å². The first-order chi connectivity index (χ1) is 16.2. The van der Waals surface area contributed by atoms with Gasteiger partial charge in [0.1, 0.15) is 17.7 Å². The van der Waals surface area contributed by atoms with Gasteiger partial charge in [0.15, 0.2) is 11.5 Å². The molecule has 0 unspecified atom stereocenters. The summed E-state index contributed by atoms with van der Waals surface area (Å²) in [6, 6.07) is 16.3. The Hall–Kier alpha value is -3.81. The van der Waals surface area contributed by atoms with E-state index < -0.39 is 0 Å². The number of hydrogen-bond acceptors (Lipinski definition) is 7. The van der Waals surface area contributed by atoms with Crippen LogP contribution in [0.25, 0.3) is 5.65 Å². The van der Waals surface area contributed by atoms with Gasteiger partial charge in [-0.2, -0.15) is 4.98 Å². The van der Waals surface area contributed by atoms with Crippen LogP contribution in [0.3, 0.4) is 0 Å². The minimum Gasteiger partial charge on any atom is -0.497 e. The van der Waals surface area contributed by atoms with E-state index in [9.17, 15) is 0 Å². The average molecular weight is 447 g/mol. The van der Waals surface area contributed by atoms with Gasteiger partial charge < -0.3 is 19.1 Å². The Bertz CT molecular complexity index is 1110. The maximum absolute atomic E-state index is 5.83. The first kappa shape index (κ1) is 22.4. The molecule has 0 saturated heterocycles. The van der Waals surface area contributed by atoms with Crippen LogP contribution < -0.4 is 19.1 Å². The van der Waals surface area contributed by atoms with Crippen LogP contribution in [-0.2, 0) is 13.1 Å². The summed E-state index contributed by atoms with van der Waals surface area (Å²) in [4.78, 5) is 11.4. The Balaban J connectivity index is 1.70. The molecule has 0 aliphatic carbocycles. The highest BCUT2D eigenvalue weighted by Crippen LogP contribution is 2.25. The number of ether oxygens (including phenoxy) is 3. The largest absolute Gasteiger partial charge is 0.497 e. The molecule has 2 aromatic heterocycles. The summed E-state index contributed by atoms with van der Waals surface area (Å²) in [5.74, 6) is 2.32. The van der Waals surface area contributed by atoms with Crippen LogP contribution in [-0.4, -0.2) is 40.4 Å². The molecule has 0 aliphatic heterocycles. The summed E-state index contributed by atoms with van der Waals surface area (Å²) < 4.78 is 18.0. The zero-order valence-corrected chi connectivity index (χ0v) is 19.2. The highest BCUT2D eigenvalue weighted by atomic mass is 16.5. The van der Waals surface area contributed by atoms with Gasteiger partial charge in [-0.15, -0.1) is 5.10 Å². The molecule has 0 atom stereocenters. The number of aromatic nitrogens is 4. The van der Waals surface area contributed by atoms with Crippen molar-refractivity contribution < 1.29 is 14.2 Å². The van der Waals surface area contributed by atoms with Crippen molar-refractivity contribution in [3.05, 3.63) is 72.1 Å². The Labute approximate surface area is 193 Å². The van der Waals surface area contributed by atoms with Crippen molar-refractivity contribution in [2.45, 2.75) is 32.9 Å². The van der Waals surface area contributed by atoms with Crippen LogP contribution in [0.15, 0.2) is 54.7 Å². The first-order valence-corrected chi connectivity index (χ1v) is 11.0. The lowest BCUT2D eigenvalue weighted by molar-refractivity contribution is 0.280. The van der Waals surface area contributed by atoms with Crippen LogP contribution in [0.5, 0.6) is 17.5 Å². The van der Waals surface area contributed by atoms with Crippen LogP contribution in [0, 0.1) is 6.20 Å². The molecule has 0 N–H and O–H groups in total. The third-order valence-electron chi connectivity index (χ3n) is 5.25. The van der Waals surface area contributed by atoms with Gasteiger partial charge in [0.2, 0.25) is 0 Å². The molecule has 171 valence electrons. The second-order valence-electron chi connectivity index (χ2n) is 7.59. The lowest BCUT2D eigenvalue weighted by Crippen LogP contribution is -2.25. The highest BCUT2D eigenvalue weighted by molar-refractivity contribution is 5.64. The summed E-state index contributed by atoms with van der Waals surface area (Å²) in [7, 11) is 3.33. The predicted octanol–water partition coefficient (Wildman–Crippen LogP) is 4.33. The van der Waals surface area contributed by atoms with Gasteiger partial charge in [-0.3, -0.25) is 0 Å². The van der Waals surface area contributed by atoms with Gasteiger partial charge in [0.25, 0.3) is 0 Å². The second-order valence-corrected chi connectivity index (χ2v) is 7.59. The standard InChI is InChI=1S/C25H28N5O3/c1-4-5-16-33-25-27-24(23-26-14-15-30(23)28-25)29(17-19-6-10-21(31-2)11-7-19)18-20-8-12-22(32-3)13-9-20/h6-14H,4-5,16-18H2,1-3H3. The van der Waals surface area contributed by atoms with Gasteiger partial charge in [0.05, 0.1) is 27.0 Å². The van der Waals surface area contributed by atoms with Crippen molar-refractivity contribution in [1.82, 2.24) is 19.6 Å². The zero-order valence-electron chi connectivity index (χ0n) is 19.2. The summed E-state index contributed by atoms with van der Waals surface area (Å²) in [5.41, 5.74) is 2.86. The number of imidazole rings is 1. The molecule has 4 rings (SSSR count). The van der Waals surface area contributed by atoms with E-state index in [1.165, 1.54) is 0 Å². The summed E-state index contributed by atoms with van der Waals surface area (Å²) in [6.45, 7) is 3.91. The van der Waals surface area contributed by atoms with Crippen molar-refractivity contribution in [1.29, 1.82) is 0 Å². The molecule has 2 aromatic carbocycles. The number of anilines is 1. The maximum atomic E-state index is 5.83. The van der Waals surface area contributed by atoms with Crippen LogP contribution >= 0.6 is 0 Å². The molecule has 0 fully saturated rings. The molecule has 0 bridgehead atoms. The van der Waals surface area contributed by atoms with E-state index in [-0.39, 0.29) is 0 Å². The molecule has 0 aliphatic rings. The predicted molar refractivity (Wildman–Crippen MR) is 126 cm³/mol. The highest BCUT2D eigenvalue weighted by Gasteiger charge is 2.18. The van der Waals surface area contributed by atoms with Crippen LogP contribution in [0.2, 0.25) is 0 Å². The summed E-state index contributed by atoms with van der Waals surface area (Å²) >= 11 is 0. The number of benzene rings is 2. The van der Waals surface area contributed by atoms with E-state index in [0.717, 1.165) is 35.5 Å².